The Bertz CT molecular complexity index is 560. The Balaban J connectivity index is 2.16. The fourth-order valence-corrected chi connectivity index (χ4v) is 3.02. The highest BCUT2D eigenvalue weighted by atomic mass is 32.2. The SMILES string of the molecule is CC1CCCC1Nc1ccc(F)c(NS(C)(=O)=O)c1. The van der Waals surface area contributed by atoms with Gasteiger partial charge >= 0.3 is 0 Å². The summed E-state index contributed by atoms with van der Waals surface area (Å²) in [5.41, 5.74) is 0.726. The molecule has 0 aromatic heterocycles. The lowest BCUT2D eigenvalue weighted by Gasteiger charge is -2.19. The van der Waals surface area contributed by atoms with Crippen LogP contribution < -0.4 is 10.0 Å². The third-order valence-corrected chi connectivity index (χ3v) is 4.07. The fraction of sp³-hybridized carbons (Fsp3) is 0.538. The number of rotatable bonds is 4. The Labute approximate surface area is 113 Å². The van der Waals surface area contributed by atoms with E-state index in [2.05, 4.69) is 17.0 Å². The van der Waals surface area contributed by atoms with Gasteiger partial charge in [-0.25, -0.2) is 12.8 Å². The third kappa shape index (κ3) is 3.83. The maximum absolute atomic E-state index is 13.5. The van der Waals surface area contributed by atoms with E-state index >= 15 is 0 Å². The number of hydrogen-bond donors (Lipinski definition) is 2. The van der Waals surface area contributed by atoms with Crippen molar-refractivity contribution in [2.24, 2.45) is 5.92 Å². The van der Waals surface area contributed by atoms with Crippen LogP contribution in [0.3, 0.4) is 0 Å². The molecule has 2 atom stereocenters. The van der Waals surface area contributed by atoms with Crippen molar-refractivity contribution in [2.45, 2.75) is 32.2 Å². The van der Waals surface area contributed by atoms with Gasteiger partial charge in [-0.15, -0.1) is 0 Å². The lowest BCUT2D eigenvalue weighted by Crippen LogP contribution is -2.22. The van der Waals surface area contributed by atoms with Crippen molar-refractivity contribution < 1.29 is 12.8 Å². The molecule has 0 bridgehead atoms. The normalized spacial score (nSPS) is 23.3. The molecule has 0 spiro atoms. The molecule has 1 aromatic rings. The second-order valence-corrected chi connectivity index (χ2v) is 6.98. The number of sulfonamides is 1. The molecule has 1 aliphatic carbocycles. The van der Waals surface area contributed by atoms with E-state index in [9.17, 15) is 12.8 Å². The van der Waals surface area contributed by atoms with Crippen LogP contribution in [0.4, 0.5) is 15.8 Å². The lowest BCUT2D eigenvalue weighted by molar-refractivity contribution is 0.556. The number of halogens is 1. The van der Waals surface area contributed by atoms with Gasteiger partial charge in [0.2, 0.25) is 10.0 Å². The summed E-state index contributed by atoms with van der Waals surface area (Å²) < 4.78 is 38.0. The van der Waals surface area contributed by atoms with E-state index in [1.165, 1.54) is 25.0 Å². The summed E-state index contributed by atoms with van der Waals surface area (Å²) in [6.07, 6.45) is 4.47. The lowest BCUT2D eigenvalue weighted by atomic mass is 10.1. The highest BCUT2D eigenvalue weighted by Crippen LogP contribution is 2.29. The average molecular weight is 286 g/mol. The number of nitrogens with one attached hydrogen (secondary N) is 2. The monoisotopic (exact) mass is 286 g/mol. The largest absolute Gasteiger partial charge is 0.382 e. The van der Waals surface area contributed by atoms with Gasteiger partial charge in [0.15, 0.2) is 0 Å². The molecule has 0 radical (unpaired) electrons. The van der Waals surface area contributed by atoms with Crippen LogP contribution in [-0.4, -0.2) is 20.7 Å². The topological polar surface area (TPSA) is 58.2 Å². The predicted molar refractivity (Wildman–Crippen MR) is 75.3 cm³/mol. The molecule has 0 heterocycles. The first-order valence-corrected chi connectivity index (χ1v) is 8.28. The molecule has 2 N–H and O–H groups in total. The first-order valence-electron chi connectivity index (χ1n) is 6.39. The molecule has 1 aliphatic rings. The Kier molecular flexibility index (Phi) is 3.99. The van der Waals surface area contributed by atoms with Crippen molar-refractivity contribution in [1.82, 2.24) is 0 Å². The number of benzene rings is 1. The quantitative estimate of drug-likeness (QED) is 0.895. The molecule has 1 fully saturated rings. The van der Waals surface area contributed by atoms with E-state index in [-0.39, 0.29) is 5.69 Å². The van der Waals surface area contributed by atoms with Crippen LogP contribution in [0.5, 0.6) is 0 Å². The van der Waals surface area contributed by atoms with Crippen LogP contribution in [0.1, 0.15) is 26.2 Å². The minimum Gasteiger partial charge on any atom is -0.382 e. The van der Waals surface area contributed by atoms with Crippen LogP contribution in [0.25, 0.3) is 0 Å². The zero-order chi connectivity index (χ0) is 14.0. The molecule has 6 heteroatoms. The molecule has 19 heavy (non-hydrogen) atoms. The maximum Gasteiger partial charge on any atom is 0.229 e. The zero-order valence-corrected chi connectivity index (χ0v) is 11.9. The zero-order valence-electron chi connectivity index (χ0n) is 11.1. The molecule has 1 aromatic carbocycles. The van der Waals surface area contributed by atoms with Gasteiger partial charge < -0.3 is 5.32 Å². The van der Waals surface area contributed by atoms with E-state index in [0.717, 1.165) is 18.4 Å². The molecular weight excluding hydrogens is 267 g/mol. The summed E-state index contributed by atoms with van der Waals surface area (Å²) in [4.78, 5) is 0. The molecule has 2 rings (SSSR count). The summed E-state index contributed by atoms with van der Waals surface area (Å²) in [5, 5.41) is 3.34. The van der Waals surface area contributed by atoms with E-state index in [4.69, 9.17) is 0 Å². The van der Waals surface area contributed by atoms with Gasteiger partial charge in [-0.05, 0) is 37.0 Å². The van der Waals surface area contributed by atoms with Gasteiger partial charge in [0.25, 0.3) is 0 Å². The van der Waals surface area contributed by atoms with Gasteiger partial charge in [-0.1, -0.05) is 13.3 Å². The summed E-state index contributed by atoms with van der Waals surface area (Å²) in [6.45, 7) is 2.18. The molecule has 2 unspecified atom stereocenters. The van der Waals surface area contributed by atoms with Gasteiger partial charge in [-0.2, -0.15) is 0 Å². The molecule has 4 nitrogen and oxygen atoms in total. The highest BCUT2D eigenvalue weighted by Gasteiger charge is 2.23. The smallest absolute Gasteiger partial charge is 0.229 e. The first-order chi connectivity index (χ1) is 8.85. The molecule has 106 valence electrons. The predicted octanol–water partition coefficient (Wildman–Crippen LogP) is 2.80. The maximum atomic E-state index is 13.5. The summed E-state index contributed by atoms with van der Waals surface area (Å²) >= 11 is 0. The minimum absolute atomic E-state index is 0.0156. The molecule has 0 aliphatic heterocycles. The molecule has 1 saturated carbocycles. The Morgan fingerprint density at radius 1 is 1.32 bits per heavy atom. The van der Waals surface area contributed by atoms with Crippen molar-refractivity contribution in [3.8, 4) is 0 Å². The van der Waals surface area contributed by atoms with Gasteiger partial charge in [0, 0.05) is 11.7 Å². The Morgan fingerprint density at radius 3 is 2.63 bits per heavy atom. The summed E-state index contributed by atoms with van der Waals surface area (Å²) in [6, 6.07) is 4.78. The van der Waals surface area contributed by atoms with Crippen LogP contribution in [0.15, 0.2) is 18.2 Å². The van der Waals surface area contributed by atoms with Crippen molar-refractivity contribution in [2.75, 3.05) is 16.3 Å². The summed E-state index contributed by atoms with van der Waals surface area (Å²) in [5.74, 6) is 0.00631. The van der Waals surface area contributed by atoms with Gasteiger partial charge in [-0.3, -0.25) is 4.72 Å². The Morgan fingerprint density at radius 2 is 2.05 bits per heavy atom. The first kappa shape index (κ1) is 14.1. The Hall–Kier alpha value is -1.30. The highest BCUT2D eigenvalue weighted by molar-refractivity contribution is 7.92. The molecular formula is C13H19FN2O2S. The van der Waals surface area contributed by atoms with Gasteiger partial charge in [0.1, 0.15) is 5.82 Å². The summed E-state index contributed by atoms with van der Waals surface area (Å²) in [7, 11) is -3.47. The van der Waals surface area contributed by atoms with Crippen molar-refractivity contribution >= 4 is 21.4 Å². The number of hydrogen-bond acceptors (Lipinski definition) is 3. The second kappa shape index (κ2) is 5.36. The van der Waals surface area contributed by atoms with Crippen LogP contribution in [0.2, 0.25) is 0 Å². The van der Waals surface area contributed by atoms with Crippen molar-refractivity contribution in [3.05, 3.63) is 24.0 Å². The average Bonchev–Trinajstić information content (AvgIpc) is 2.67. The van der Waals surface area contributed by atoms with E-state index in [1.807, 2.05) is 0 Å². The molecule has 0 amide bonds. The minimum atomic E-state index is -3.47. The van der Waals surface area contributed by atoms with E-state index < -0.39 is 15.8 Å². The van der Waals surface area contributed by atoms with Crippen LogP contribution in [-0.2, 0) is 10.0 Å². The van der Waals surface area contributed by atoms with E-state index in [1.54, 1.807) is 6.07 Å². The van der Waals surface area contributed by atoms with Gasteiger partial charge in [0.05, 0.1) is 11.9 Å². The third-order valence-electron chi connectivity index (χ3n) is 3.48. The molecule has 0 saturated heterocycles. The van der Waals surface area contributed by atoms with E-state index in [0.29, 0.717) is 12.0 Å². The fourth-order valence-electron chi connectivity index (χ4n) is 2.47. The van der Waals surface area contributed by atoms with Crippen molar-refractivity contribution in [3.63, 3.8) is 0 Å². The number of anilines is 2. The standard InChI is InChI=1S/C13H19FN2O2S/c1-9-4-3-5-12(9)15-10-6-7-11(14)13(8-10)16-19(2,17)18/h6-9,12,15-16H,3-5H2,1-2H3. The van der Waals surface area contributed by atoms with Crippen LogP contribution >= 0.6 is 0 Å². The van der Waals surface area contributed by atoms with Crippen LogP contribution in [0, 0.1) is 11.7 Å². The van der Waals surface area contributed by atoms with Crippen molar-refractivity contribution in [1.29, 1.82) is 0 Å². The second-order valence-electron chi connectivity index (χ2n) is 5.23.